The molecule has 6 atom stereocenters. The third-order valence-corrected chi connectivity index (χ3v) is 22.6. The normalized spacial score (nSPS) is 25.5. The third-order valence-electron chi connectivity index (χ3n) is 13.6. The Morgan fingerprint density at radius 3 is 1.97 bits per heavy atom. The summed E-state index contributed by atoms with van der Waals surface area (Å²) in [6.07, 6.45) is 4.17. The van der Waals surface area contributed by atoms with E-state index in [2.05, 4.69) is 106 Å². The van der Waals surface area contributed by atoms with E-state index < -0.39 is 27.8 Å². The first kappa shape index (κ1) is 49.5. The van der Waals surface area contributed by atoms with Gasteiger partial charge in [-0.3, -0.25) is 0 Å². The molecule has 2 aliphatic heterocycles. The van der Waals surface area contributed by atoms with Crippen molar-refractivity contribution in [2.45, 2.75) is 180 Å². The Hall–Kier alpha value is -2.20. The Balaban J connectivity index is 1.66. The predicted octanol–water partition coefficient (Wildman–Crippen LogP) is 11.2. The van der Waals surface area contributed by atoms with E-state index in [1.807, 2.05) is 36.4 Å². The van der Waals surface area contributed by atoms with Crippen LogP contribution in [0, 0.1) is 5.41 Å². The van der Waals surface area contributed by atoms with E-state index in [4.69, 9.17) is 37.3 Å². The summed E-state index contributed by atoms with van der Waals surface area (Å²) in [5, 5.41) is 0.0809. The van der Waals surface area contributed by atoms with E-state index in [1.165, 1.54) is 7.11 Å². The molecular weight excluding hydrogens is 777 g/mol. The van der Waals surface area contributed by atoms with Crippen LogP contribution in [0.5, 0.6) is 0 Å². The van der Waals surface area contributed by atoms with Crippen LogP contribution in [0.1, 0.15) is 105 Å². The Kier molecular flexibility index (Phi) is 17.4. The monoisotopic (exact) mass is 855 g/mol. The van der Waals surface area contributed by atoms with Gasteiger partial charge in [0, 0.05) is 44.2 Å². The number of ether oxygens (including phenoxy) is 6. The van der Waals surface area contributed by atoms with Crippen molar-refractivity contribution in [2.24, 2.45) is 5.41 Å². The van der Waals surface area contributed by atoms with Crippen molar-refractivity contribution in [3.8, 4) is 0 Å². The van der Waals surface area contributed by atoms with Crippen molar-refractivity contribution in [2.75, 3.05) is 27.4 Å². The Labute approximate surface area is 359 Å². The average Bonchev–Trinajstić information content (AvgIpc) is 3.16. The maximum atomic E-state index is 12.6. The van der Waals surface area contributed by atoms with Gasteiger partial charge in [0.2, 0.25) is 0 Å². The molecular formula is C48H78O9Si2. The summed E-state index contributed by atoms with van der Waals surface area (Å²) in [5.41, 5.74) is 2.64. The van der Waals surface area contributed by atoms with Crippen LogP contribution in [0.3, 0.4) is 0 Å². The first-order chi connectivity index (χ1) is 27.5. The van der Waals surface area contributed by atoms with Gasteiger partial charge in [-0.25, -0.2) is 4.79 Å². The predicted molar refractivity (Wildman–Crippen MR) is 241 cm³/mol. The lowest BCUT2D eigenvalue weighted by atomic mass is 9.70. The summed E-state index contributed by atoms with van der Waals surface area (Å²) < 4.78 is 53.0. The molecule has 0 aliphatic carbocycles. The van der Waals surface area contributed by atoms with Crippen LogP contribution in [0.25, 0.3) is 0 Å². The van der Waals surface area contributed by atoms with Crippen molar-refractivity contribution in [3.63, 3.8) is 0 Å². The van der Waals surface area contributed by atoms with Crippen LogP contribution in [0.15, 0.2) is 72.3 Å². The standard InChI is InChI=1S/C48H78O9Si2/c1-45(2,3)58(11,12)54-35-42-28-38(29-44(49)50-9)27-41(55-42)32-48(51-10)47(7,8)43(53-34-37-23-19-16-20-24-37)31-40(56-48)30-39(57-59(13,14)46(4,5)6)25-26-52-33-36-21-17-15-18-22-36/h15-24,29,39-43H,25-28,30-35H2,1-14H3/b38-29-/t39-,40+,41-,42+,43-,48-/m0/s1. The zero-order valence-electron chi connectivity index (χ0n) is 39.0. The van der Waals surface area contributed by atoms with E-state index >= 15 is 0 Å². The molecule has 2 fully saturated rings. The van der Waals surface area contributed by atoms with E-state index in [0.29, 0.717) is 58.5 Å². The molecule has 2 aromatic rings. The minimum absolute atomic E-state index is 0.0295. The molecule has 0 unspecified atom stereocenters. The number of carbonyl (C=O) groups is 1. The van der Waals surface area contributed by atoms with Crippen molar-refractivity contribution in [1.29, 1.82) is 0 Å². The molecule has 2 aromatic carbocycles. The molecule has 11 heteroatoms. The lowest BCUT2D eigenvalue weighted by Gasteiger charge is -2.56. The second-order valence-electron chi connectivity index (χ2n) is 20.4. The minimum atomic E-state index is -2.17. The highest BCUT2D eigenvalue weighted by atomic mass is 28.4. The van der Waals surface area contributed by atoms with E-state index in [1.54, 1.807) is 13.2 Å². The summed E-state index contributed by atoms with van der Waals surface area (Å²) in [7, 11) is -1.08. The fourth-order valence-corrected chi connectivity index (χ4v) is 10.1. The number of rotatable bonds is 19. The number of carbonyl (C=O) groups excluding carboxylic acids is 1. The largest absolute Gasteiger partial charge is 0.466 e. The second kappa shape index (κ2) is 20.8. The first-order valence-corrected chi connectivity index (χ1v) is 27.6. The van der Waals surface area contributed by atoms with Crippen LogP contribution in [0.4, 0.5) is 0 Å². The second-order valence-corrected chi connectivity index (χ2v) is 30.0. The van der Waals surface area contributed by atoms with Gasteiger partial charge in [0.1, 0.15) is 0 Å². The first-order valence-electron chi connectivity index (χ1n) is 21.8. The maximum Gasteiger partial charge on any atom is 0.330 e. The molecule has 2 aliphatic rings. The van der Waals surface area contributed by atoms with Crippen LogP contribution in [-0.4, -0.2) is 86.3 Å². The van der Waals surface area contributed by atoms with Gasteiger partial charge in [-0.1, -0.05) is 122 Å². The lowest BCUT2D eigenvalue weighted by molar-refractivity contribution is -0.363. The highest BCUT2D eigenvalue weighted by Crippen LogP contribution is 2.51. The van der Waals surface area contributed by atoms with Gasteiger partial charge >= 0.3 is 5.97 Å². The van der Waals surface area contributed by atoms with Crippen LogP contribution < -0.4 is 0 Å². The smallest absolute Gasteiger partial charge is 0.330 e. The molecule has 332 valence electrons. The Morgan fingerprint density at radius 1 is 0.831 bits per heavy atom. The fourth-order valence-electron chi connectivity index (χ4n) is 7.65. The highest BCUT2D eigenvalue weighted by Gasteiger charge is 2.58. The molecule has 0 amide bonds. The molecule has 2 saturated heterocycles. The summed E-state index contributed by atoms with van der Waals surface area (Å²) in [4.78, 5) is 12.6. The van der Waals surface area contributed by atoms with Gasteiger partial charge in [-0.05, 0) is 73.1 Å². The Morgan fingerprint density at radius 2 is 1.41 bits per heavy atom. The van der Waals surface area contributed by atoms with E-state index in [9.17, 15) is 4.79 Å². The third kappa shape index (κ3) is 13.6. The summed E-state index contributed by atoms with van der Waals surface area (Å²) in [6, 6.07) is 20.6. The van der Waals surface area contributed by atoms with Gasteiger partial charge in [-0.15, -0.1) is 0 Å². The van der Waals surface area contributed by atoms with Gasteiger partial charge < -0.3 is 37.3 Å². The van der Waals surface area contributed by atoms with Crippen molar-refractivity contribution >= 4 is 22.6 Å². The van der Waals surface area contributed by atoms with Gasteiger partial charge in [0.05, 0.1) is 51.3 Å². The highest BCUT2D eigenvalue weighted by molar-refractivity contribution is 6.74. The van der Waals surface area contributed by atoms with E-state index in [-0.39, 0.29) is 46.6 Å². The number of hydrogen-bond donors (Lipinski definition) is 0. The molecule has 9 nitrogen and oxygen atoms in total. The minimum Gasteiger partial charge on any atom is -0.466 e. The summed E-state index contributed by atoms with van der Waals surface area (Å²) in [5.74, 6) is -1.46. The summed E-state index contributed by atoms with van der Waals surface area (Å²) in [6.45, 7) is 29.1. The van der Waals surface area contributed by atoms with Crippen molar-refractivity contribution in [3.05, 3.63) is 83.4 Å². The van der Waals surface area contributed by atoms with E-state index in [0.717, 1.165) is 23.1 Å². The molecule has 4 rings (SSSR count). The number of benzene rings is 2. The van der Waals surface area contributed by atoms with Gasteiger partial charge in [0.15, 0.2) is 22.4 Å². The summed E-state index contributed by atoms with van der Waals surface area (Å²) >= 11 is 0. The fraction of sp³-hybridized carbons (Fsp3) is 0.688. The zero-order chi connectivity index (χ0) is 43.7. The number of hydrogen-bond acceptors (Lipinski definition) is 9. The van der Waals surface area contributed by atoms with Crippen molar-refractivity contribution < 1.29 is 42.1 Å². The molecule has 0 aromatic heterocycles. The van der Waals surface area contributed by atoms with Gasteiger partial charge in [-0.2, -0.15) is 0 Å². The van der Waals surface area contributed by atoms with Crippen molar-refractivity contribution in [1.82, 2.24) is 0 Å². The molecule has 59 heavy (non-hydrogen) atoms. The Bertz CT molecular complexity index is 1620. The molecule has 0 bridgehead atoms. The lowest BCUT2D eigenvalue weighted by Crippen LogP contribution is -2.63. The van der Waals surface area contributed by atoms with Gasteiger partial charge in [0.25, 0.3) is 0 Å². The molecule has 0 spiro atoms. The molecule has 0 N–H and O–H groups in total. The zero-order valence-corrected chi connectivity index (χ0v) is 41.0. The molecule has 0 radical (unpaired) electrons. The maximum absolute atomic E-state index is 12.6. The van der Waals surface area contributed by atoms with Crippen LogP contribution >= 0.6 is 0 Å². The van der Waals surface area contributed by atoms with Crippen LogP contribution in [0.2, 0.25) is 36.3 Å². The van der Waals surface area contributed by atoms with Crippen LogP contribution in [-0.2, 0) is 55.3 Å². The average molecular weight is 855 g/mol. The number of esters is 1. The quantitative estimate of drug-likeness (QED) is 0.0593. The molecule has 0 saturated carbocycles. The SMILES string of the molecule is COC(=O)/C=C1\C[C@H](CO[Si](C)(C)C(C)(C)C)O[C@H](C[C@]2(OC)O[C@H](C[C@H](CCOCc3ccccc3)O[Si](C)(C)C(C)(C)C)C[C@H](OCc3ccccc3)C2(C)C)C1. The topological polar surface area (TPSA) is 90.9 Å². The number of methoxy groups -OCH3 is 2. The molecule has 2 heterocycles.